The van der Waals surface area contributed by atoms with Gasteiger partial charge in [-0.2, -0.15) is 12.6 Å². The molecule has 1 unspecified atom stereocenters. The van der Waals surface area contributed by atoms with Crippen molar-refractivity contribution in [3.8, 4) is 0 Å². The lowest BCUT2D eigenvalue weighted by Gasteiger charge is -2.10. The van der Waals surface area contributed by atoms with Crippen LogP contribution in [-0.2, 0) is 14.3 Å². The van der Waals surface area contributed by atoms with Gasteiger partial charge in [0.05, 0.1) is 7.11 Å². The molecule has 0 saturated heterocycles. The van der Waals surface area contributed by atoms with Crippen molar-refractivity contribution in [3.05, 3.63) is 0 Å². The van der Waals surface area contributed by atoms with Crippen LogP contribution in [0.25, 0.3) is 0 Å². The lowest BCUT2D eigenvalue weighted by molar-refractivity contribution is -0.146. The first kappa shape index (κ1) is 11.1. The molecule has 0 amide bonds. The minimum atomic E-state index is -0.507. The number of thioether (sulfide) groups is 1. The molecule has 5 heteroatoms. The molecule has 0 aromatic rings. The number of ether oxygens (including phenoxy) is 2. The summed E-state index contributed by atoms with van der Waals surface area (Å²) in [5, 5.41) is 0. The number of hydrogen-bond acceptors (Lipinski definition) is 5. The van der Waals surface area contributed by atoms with E-state index in [2.05, 4.69) is 17.4 Å². The molecule has 3 nitrogen and oxygen atoms in total. The van der Waals surface area contributed by atoms with E-state index < -0.39 is 5.44 Å². The summed E-state index contributed by atoms with van der Waals surface area (Å²) in [6.45, 7) is 0. The normalized spacial score (nSPS) is 12.6. The Morgan fingerprint density at radius 1 is 1.64 bits per heavy atom. The van der Waals surface area contributed by atoms with Crippen molar-refractivity contribution in [1.82, 2.24) is 0 Å². The van der Waals surface area contributed by atoms with Crippen LogP contribution in [0.2, 0.25) is 0 Å². The van der Waals surface area contributed by atoms with Crippen molar-refractivity contribution < 1.29 is 14.3 Å². The summed E-state index contributed by atoms with van der Waals surface area (Å²) >= 11 is 5.38. The summed E-state index contributed by atoms with van der Waals surface area (Å²) in [4.78, 5) is 10.9. The van der Waals surface area contributed by atoms with Crippen molar-refractivity contribution in [1.29, 1.82) is 0 Å². The standard InChI is InChI=1S/C6H12O3S2/c1-8-5(7)6(9-2)11-4-3-10/h6,10H,3-4H2,1-2H3. The molecule has 0 saturated carbocycles. The molecular weight excluding hydrogens is 184 g/mol. The van der Waals surface area contributed by atoms with Crippen molar-refractivity contribution in [2.24, 2.45) is 0 Å². The number of carbonyl (C=O) groups excluding carboxylic acids is 1. The SMILES string of the molecule is COC(=O)C(OC)SCCS. The fourth-order valence-electron chi connectivity index (χ4n) is 0.488. The van der Waals surface area contributed by atoms with Crippen LogP contribution >= 0.6 is 24.4 Å². The Morgan fingerprint density at radius 3 is 2.64 bits per heavy atom. The Bertz CT molecular complexity index is 118. The number of methoxy groups -OCH3 is 2. The molecule has 0 aliphatic heterocycles. The molecule has 0 aliphatic rings. The molecule has 0 spiro atoms. The molecule has 0 radical (unpaired) electrons. The van der Waals surface area contributed by atoms with E-state index in [9.17, 15) is 4.79 Å². The van der Waals surface area contributed by atoms with Gasteiger partial charge in [0.25, 0.3) is 0 Å². The third-order valence-corrected chi connectivity index (χ3v) is 2.62. The lowest BCUT2D eigenvalue weighted by Crippen LogP contribution is -2.21. The van der Waals surface area contributed by atoms with Crippen molar-refractivity contribution in [2.45, 2.75) is 5.44 Å². The largest absolute Gasteiger partial charge is 0.466 e. The predicted molar refractivity (Wildman–Crippen MR) is 49.1 cm³/mol. The second kappa shape index (κ2) is 6.82. The number of esters is 1. The molecule has 0 aromatic carbocycles. The van der Waals surface area contributed by atoms with Gasteiger partial charge in [0.2, 0.25) is 0 Å². The van der Waals surface area contributed by atoms with Gasteiger partial charge in [0.1, 0.15) is 0 Å². The molecular formula is C6H12O3S2. The van der Waals surface area contributed by atoms with Gasteiger partial charge in [0, 0.05) is 12.9 Å². The van der Waals surface area contributed by atoms with Crippen LogP contribution in [0, 0.1) is 0 Å². The van der Waals surface area contributed by atoms with Crippen molar-refractivity contribution in [2.75, 3.05) is 25.7 Å². The molecule has 0 fully saturated rings. The molecule has 1 atom stereocenters. The molecule has 0 rings (SSSR count). The second-order valence-electron chi connectivity index (χ2n) is 1.69. The van der Waals surface area contributed by atoms with Crippen molar-refractivity contribution in [3.63, 3.8) is 0 Å². The predicted octanol–water partition coefficient (Wildman–Crippen LogP) is 0.795. The third-order valence-electron chi connectivity index (χ3n) is 0.968. The summed E-state index contributed by atoms with van der Waals surface area (Å²) in [5.41, 5.74) is -0.507. The molecule has 0 heterocycles. The lowest BCUT2D eigenvalue weighted by atomic mass is 10.7. The average Bonchev–Trinajstić information content (AvgIpc) is 2.05. The smallest absolute Gasteiger partial charge is 0.345 e. The highest BCUT2D eigenvalue weighted by Gasteiger charge is 2.17. The summed E-state index contributed by atoms with van der Waals surface area (Å²) in [5.74, 6) is 1.15. The van der Waals surface area contributed by atoms with Gasteiger partial charge < -0.3 is 9.47 Å². The van der Waals surface area contributed by atoms with E-state index in [0.717, 1.165) is 11.5 Å². The first-order valence-electron chi connectivity index (χ1n) is 3.09. The average molecular weight is 196 g/mol. The zero-order chi connectivity index (χ0) is 8.69. The van der Waals surface area contributed by atoms with Gasteiger partial charge in [-0.15, -0.1) is 11.8 Å². The van der Waals surface area contributed by atoms with Crippen LogP contribution in [0.5, 0.6) is 0 Å². The Kier molecular flexibility index (Phi) is 6.90. The number of carbonyl (C=O) groups is 1. The Labute approximate surface area is 76.2 Å². The third kappa shape index (κ3) is 4.55. The molecule has 0 bridgehead atoms. The number of hydrogen-bond donors (Lipinski definition) is 1. The van der Waals surface area contributed by atoms with Gasteiger partial charge in [-0.25, -0.2) is 4.79 Å². The van der Waals surface area contributed by atoms with E-state index >= 15 is 0 Å². The van der Waals surface area contributed by atoms with E-state index in [-0.39, 0.29) is 5.97 Å². The van der Waals surface area contributed by atoms with E-state index in [1.807, 2.05) is 0 Å². The first-order valence-corrected chi connectivity index (χ1v) is 4.77. The van der Waals surface area contributed by atoms with Crippen LogP contribution in [0.1, 0.15) is 0 Å². The Balaban J connectivity index is 3.65. The molecule has 0 N–H and O–H groups in total. The number of thiol groups is 1. The minimum Gasteiger partial charge on any atom is -0.466 e. The van der Waals surface area contributed by atoms with Gasteiger partial charge in [-0.1, -0.05) is 0 Å². The highest BCUT2D eigenvalue weighted by Crippen LogP contribution is 2.12. The van der Waals surface area contributed by atoms with Crippen molar-refractivity contribution >= 4 is 30.4 Å². The maximum Gasteiger partial charge on any atom is 0.345 e. The van der Waals surface area contributed by atoms with Crippen LogP contribution in [0.4, 0.5) is 0 Å². The summed E-state index contributed by atoms with van der Waals surface area (Å²) < 4.78 is 9.35. The maximum absolute atomic E-state index is 10.9. The zero-order valence-corrected chi connectivity index (χ0v) is 8.28. The highest BCUT2D eigenvalue weighted by molar-refractivity contribution is 8.01. The van der Waals surface area contributed by atoms with Crippen LogP contribution in [0.3, 0.4) is 0 Å². The van der Waals surface area contributed by atoms with Gasteiger partial charge in [-0.3, -0.25) is 0 Å². The summed E-state index contributed by atoms with van der Waals surface area (Å²) in [6.07, 6.45) is 0. The minimum absolute atomic E-state index is 0.348. The van der Waals surface area contributed by atoms with E-state index in [0.29, 0.717) is 0 Å². The van der Waals surface area contributed by atoms with Crippen LogP contribution in [-0.4, -0.2) is 37.1 Å². The fraction of sp³-hybridized carbons (Fsp3) is 0.833. The second-order valence-corrected chi connectivity index (χ2v) is 3.30. The van der Waals surface area contributed by atoms with Gasteiger partial charge in [-0.05, 0) is 5.75 Å². The van der Waals surface area contributed by atoms with Crippen LogP contribution in [0.15, 0.2) is 0 Å². The van der Waals surface area contributed by atoms with E-state index in [4.69, 9.17) is 4.74 Å². The maximum atomic E-state index is 10.9. The van der Waals surface area contributed by atoms with Gasteiger partial charge in [0.15, 0.2) is 5.44 Å². The summed E-state index contributed by atoms with van der Waals surface area (Å²) in [7, 11) is 2.82. The molecule has 66 valence electrons. The quantitative estimate of drug-likeness (QED) is 0.401. The van der Waals surface area contributed by atoms with Crippen LogP contribution < -0.4 is 0 Å². The Hall–Kier alpha value is 0.130. The summed E-state index contributed by atoms with van der Waals surface area (Å²) in [6, 6.07) is 0. The van der Waals surface area contributed by atoms with E-state index in [1.165, 1.54) is 26.0 Å². The zero-order valence-electron chi connectivity index (χ0n) is 6.57. The molecule has 0 aromatic heterocycles. The topological polar surface area (TPSA) is 35.5 Å². The highest BCUT2D eigenvalue weighted by atomic mass is 32.2. The number of rotatable bonds is 5. The van der Waals surface area contributed by atoms with E-state index in [1.54, 1.807) is 0 Å². The fourth-order valence-corrected chi connectivity index (χ4v) is 1.49. The Morgan fingerprint density at radius 2 is 2.27 bits per heavy atom. The molecule has 0 aliphatic carbocycles. The first-order chi connectivity index (χ1) is 5.26. The van der Waals surface area contributed by atoms with Gasteiger partial charge >= 0.3 is 5.97 Å². The molecule has 11 heavy (non-hydrogen) atoms. The monoisotopic (exact) mass is 196 g/mol.